The van der Waals surface area contributed by atoms with Crippen LogP contribution < -0.4 is 0 Å². The van der Waals surface area contributed by atoms with Crippen molar-refractivity contribution in [1.29, 1.82) is 0 Å². The molecule has 0 spiro atoms. The first-order valence-electron chi connectivity index (χ1n) is 7.02. The summed E-state index contributed by atoms with van der Waals surface area (Å²) in [5, 5.41) is 0. The molecule has 0 aliphatic carbocycles. The third-order valence-corrected chi connectivity index (χ3v) is 3.71. The molecule has 0 saturated heterocycles. The predicted octanol–water partition coefficient (Wildman–Crippen LogP) is 5.19. The SMILES string of the molecule is Cc1ccc(Cc2ccc(C(C)(C)C)cc2)c(C)c1. The molecule has 0 saturated carbocycles. The zero-order chi connectivity index (χ0) is 14.0. The van der Waals surface area contributed by atoms with Crippen LogP contribution in [0.1, 0.15) is 48.6 Å². The lowest BCUT2D eigenvalue weighted by molar-refractivity contribution is 0.590. The van der Waals surface area contributed by atoms with Crippen molar-refractivity contribution in [2.24, 2.45) is 0 Å². The minimum atomic E-state index is 0.234. The van der Waals surface area contributed by atoms with Crippen molar-refractivity contribution in [2.75, 3.05) is 0 Å². The number of aryl methyl sites for hydroxylation is 2. The Bertz CT molecular complexity index is 554. The molecule has 100 valence electrons. The second kappa shape index (κ2) is 5.21. The highest BCUT2D eigenvalue weighted by molar-refractivity contribution is 5.36. The van der Waals surface area contributed by atoms with Crippen LogP contribution in [0.5, 0.6) is 0 Å². The van der Waals surface area contributed by atoms with Gasteiger partial charge in [0, 0.05) is 0 Å². The van der Waals surface area contributed by atoms with Crippen molar-refractivity contribution in [2.45, 2.75) is 46.5 Å². The fourth-order valence-corrected chi connectivity index (χ4v) is 2.39. The molecule has 0 unspecified atom stereocenters. The molecule has 0 fully saturated rings. The van der Waals surface area contributed by atoms with Crippen molar-refractivity contribution >= 4 is 0 Å². The molecule has 0 aromatic heterocycles. The summed E-state index contributed by atoms with van der Waals surface area (Å²) in [4.78, 5) is 0. The highest BCUT2D eigenvalue weighted by Gasteiger charge is 2.12. The van der Waals surface area contributed by atoms with Crippen LogP contribution in [0.25, 0.3) is 0 Å². The van der Waals surface area contributed by atoms with Gasteiger partial charge in [0.25, 0.3) is 0 Å². The summed E-state index contributed by atoms with van der Waals surface area (Å²) in [5.41, 5.74) is 7.17. The zero-order valence-electron chi connectivity index (χ0n) is 12.7. The molecule has 2 aromatic rings. The standard InChI is InChI=1S/C19H24/c1-14-6-9-17(15(2)12-14)13-16-7-10-18(11-8-16)19(3,4)5/h6-12H,13H2,1-5H3. The van der Waals surface area contributed by atoms with E-state index in [-0.39, 0.29) is 5.41 Å². The van der Waals surface area contributed by atoms with Gasteiger partial charge in [0.1, 0.15) is 0 Å². The lowest BCUT2D eigenvalue weighted by atomic mass is 9.86. The van der Waals surface area contributed by atoms with Crippen molar-refractivity contribution in [3.8, 4) is 0 Å². The van der Waals surface area contributed by atoms with E-state index >= 15 is 0 Å². The molecule has 0 amide bonds. The maximum Gasteiger partial charge on any atom is -0.00231 e. The first-order valence-corrected chi connectivity index (χ1v) is 7.02. The van der Waals surface area contributed by atoms with Crippen molar-refractivity contribution in [1.82, 2.24) is 0 Å². The zero-order valence-corrected chi connectivity index (χ0v) is 12.7. The van der Waals surface area contributed by atoms with Crippen LogP contribution in [0, 0.1) is 13.8 Å². The molecule has 0 aliphatic rings. The Balaban J connectivity index is 2.20. The molecule has 0 bridgehead atoms. The van der Waals surface area contributed by atoms with Gasteiger partial charge in [0.15, 0.2) is 0 Å². The second-order valence-electron chi connectivity index (χ2n) is 6.55. The minimum absolute atomic E-state index is 0.234. The highest BCUT2D eigenvalue weighted by atomic mass is 14.2. The quantitative estimate of drug-likeness (QED) is 0.690. The van der Waals surface area contributed by atoms with Gasteiger partial charge >= 0.3 is 0 Å². The molecule has 2 aromatic carbocycles. The maximum atomic E-state index is 2.26. The molecule has 19 heavy (non-hydrogen) atoms. The normalized spacial score (nSPS) is 11.6. The fourth-order valence-electron chi connectivity index (χ4n) is 2.39. The smallest absolute Gasteiger partial charge is 0.00231 e. The summed E-state index contributed by atoms with van der Waals surface area (Å²) >= 11 is 0. The third-order valence-electron chi connectivity index (χ3n) is 3.71. The van der Waals surface area contributed by atoms with Gasteiger partial charge in [0.05, 0.1) is 0 Å². The summed E-state index contributed by atoms with van der Waals surface area (Å²) in [5.74, 6) is 0. The van der Waals surface area contributed by atoms with Gasteiger partial charge in [-0.15, -0.1) is 0 Å². The van der Waals surface area contributed by atoms with E-state index in [1.165, 1.54) is 27.8 Å². The van der Waals surface area contributed by atoms with Gasteiger partial charge in [0.2, 0.25) is 0 Å². The topological polar surface area (TPSA) is 0 Å². The van der Waals surface area contributed by atoms with Crippen LogP contribution in [0.2, 0.25) is 0 Å². The summed E-state index contributed by atoms with van der Waals surface area (Å²) < 4.78 is 0. The van der Waals surface area contributed by atoms with Gasteiger partial charge in [-0.3, -0.25) is 0 Å². The molecule has 0 aliphatic heterocycles. The Hall–Kier alpha value is -1.56. The molecule has 0 nitrogen and oxygen atoms in total. The van der Waals surface area contributed by atoms with Gasteiger partial charge in [-0.25, -0.2) is 0 Å². The first kappa shape index (κ1) is 13.9. The highest BCUT2D eigenvalue weighted by Crippen LogP contribution is 2.23. The van der Waals surface area contributed by atoms with Crippen molar-refractivity contribution in [3.63, 3.8) is 0 Å². The molecule has 0 atom stereocenters. The molecule has 0 heteroatoms. The number of rotatable bonds is 2. The summed E-state index contributed by atoms with van der Waals surface area (Å²) in [6.45, 7) is 11.1. The lowest BCUT2D eigenvalue weighted by Crippen LogP contribution is -2.10. The Morgan fingerprint density at radius 3 is 2.00 bits per heavy atom. The average molecular weight is 252 g/mol. The monoisotopic (exact) mass is 252 g/mol. The van der Waals surface area contributed by atoms with Crippen LogP contribution in [0.15, 0.2) is 42.5 Å². The first-order chi connectivity index (χ1) is 8.86. The maximum absolute atomic E-state index is 2.26. The molecule has 0 radical (unpaired) electrons. The van der Waals surface area contributed by atoms with Crippen LogP contribution in [-0.2, 0) is 11.8 Å². The summed E-state index contributed by atoms with van der Waals surface area (Å²) in [6, 6.07) is 15.8. The molecular weight excluding hydrogens is 228 g/mol. The van der Waals surface area contributed by atoms with Crippen LogP contribution >= 0.6 is 0 Å². The summed E-state index contributed by atoms with van der Waals surface area (Å²) in [6.07, 6.45) is 1.02. The van der Waals surface area contributed by atoms with Crippen LogP contribution in [0.4, 0.5) is 0 Å². The van der Waals surface area contributed by atoms with E-state index in [1.807, 2.05) is 0 Å². The van der Waals surface area contributed by atoms with Crippen molar-refractivity contribution in [3.05, 3.63) is 70.3 Å². The molecular formula is C19H24. The van der Waals surface area contributed by atoms with E-state index in [2.05, 4.69) is 77.1 Å². The van der Waals surface area contributed by atoms with E-state index in [4.69, 9.17) is 0 Å². The van der Waals surface area contributed by atoms with E-state index < -0.39 is 0 Å². The predicted molar refractivity (Wildman–Crippen MR) is 83.9 cm³/mol. The average Bonchev–Trinajstić information content (AvgIpc) is 2.32. The number of benzene rings is 2. The van der Waals surface area contributed by atoms with Gasteiger partial charge in [-0.1, -0.05) is 68.8 Å². The lowest BCUT2D eigenvalue weighted by Gasteiger charge is -2.19. The second-order valence-corrected chi connectivity index (χ2v) is 6.55. The molecule has 0 heterocycles. The van der Waals surface area contributed by atoms with E-state index in [9.17, 15) is 0 Å². The minimum Gasteiger partial charge on any atom is -0.0590 e. The Labute approximate surface area is 117 Å². The largest absolute Gasteiger partial charge is 0.0590 e. The Kier molecular flexibility index (Phi) is 3.80. The van der Waals surface area contributed by atoms with E-state index in [1.54, 1.807) is 0 Å². The van der Waals surface area contributed by atoms with Gasteiger partial charge in [-0.2, -0.15) is 0 Å². The van der Waals surface area contributed by atoms with Gasteiger partial charge < -0.3 is 0 Å². The third kappa shape index (κ3) is 3.47. The Morgan fingerprint density at radius 2 is 1.47 bits per heavy atom. The molecule has 2 rings (SSSR count). The number of hydrogen-bond donors (Lipinski definition) is 0. The fraction of sp³-hybridized carbons (Fsp3) is 0.368. The van der Waals surface area contributed by atoms with E-state index in [0.29, 0.717) is 0 Å². The van der Waals surface area contributed by atoms with Crippen molar-refractivity contribution < 1.29 is 0 Å². The number of hydrogen-bond acceptors (Lipinski definition) is 0. The molecule has 0 N–H and O–H groups in total. The van der Waals surface area contributed by atoms with E-state index in [0.717, 1.165) is 6.42 Å². The van der Waals surface area contributed by atoms with Crippen LogP contribution in [0.3, 0.4) is 0 Å². The summed E-state index contributed by atoms with van der Waals surface area (Å²) in [7, 11) is 0. The van der Waals surface area contributed by atoms with Crippen LogP contribution in [-0.4, -0.2) is 0 Å². The van der Waals surface area contributed by atoms with Gasteiger partial charge in [-0.05, 0) is 47.9 Å². The Morgan fingerprint density at radius 1 is 0.842 bits per heavy atom.